The maximum atomic E-state index is 11.0. The molecular weight excluding hydrogens is 536 g/mol. The fourth-order valence-electron chi connectivity index (χ4n) is 5.66. The Labute approximate surface area is 269 Å². The summed E-state index contributed by atoms with van der Waals surface area (Å²) in [5.74, 6) is 0.573. The minimum atomic E-state index is 0.284. The second kappa shape index (κ2) is 19.2. The topological polar surface area (TPSA) is 40.5 Å². The molecule has 2 aromatic carbocycles. The zero-order chi connectivity index (χ0) is 32.6. The molecule has 0 bridgehead atoms. The first-order valence-corrected chi connectivity index (χ1v) is 16.7. The Bertz CT molecular complexity index is 1420. The van der Waals surface area contributed by atoms with Crippen molar-refractivity contribution in [3.05, 3.63) is 105 Å². The van der Waals surface area contributed by atoms with Gasteiger partial charge in [-0.2, -0.15) is 0 Å². The first-order valence-electron chi connectivity index (χ1n) is 16.7. The Morgan fingerprint density at radius 2 is 0.955 bits per heavy atom. The highest BCUT2D eigenvalue weighted by atomic mass is 16.3. The zero-order valence-corrected chi connectivity index (χ0v) is 29.4. The lowest BCUT2D eigenvalue weighted by Gasteiger charge is -2.15. The lowest BCUT2D eigenvalue weighted by molar-refractivity contribution is 0.461. The number of phenols is 2. The molecule has 0 atom stereocenters. The molecule has 2 heteroatoms. The summed E-state index contributed by atoms with van der Waals surface area (Å²) in [6, 6.07) is 5.78. The summed E-state index contributed by atoms with van der Waals surface area (Å²) in [6.45, 7) is 19.4. The zero-order valence-electron chi connectivity index (χ0n) is 29.4. The third-order valence-electron chi connectivity index (χ3n) is 8.73. The lowest BCUT2D eigenvalue weighted by Crippen LogP contribution is -1.94. The lowest BCUT2D eigenvalue weighted by atomic mass is 9.93. The van der Waals surface area contributed by atoms with Crippen LogP contribution in [0.3, 0.4) is 0 Å². The number of phenolic OH excluding ortho intramolecular Hbond substituents is 2. The average Bonchev–Trinajstić information content (AvgIpc) is 2.95. The van der Waals surface area contributed by atoms with E-state index in [0.29, 0.717) is 6.42 Å². The number of benzene rings is 2. The first-order chi connectivity index (χ1) is 20.9. The Balaban J connectivity index is 1.74. The van der Waals surface area contributed by atoms with Gasteiger partial charge < -0.3 is 10.2 Å². The fourth-order valence-corrected chi connectivity index (χ4v) is 5.66. The van der Waals surface area contributed by atoms with Gasteiger partial charge in [-0.05, 0) is 144 Å². The minimum absolute atomic E-state index is 0.284. The summed E-state index contributed by atoms with van der Waals surface area (Å²) >= 11 is 0. The number of rotatable bonds is 17. The highest BCUT2D eigenvalue weighted by molar-refractivity contribution is 5.97. The molecule has 2 rings (SSSR count). The largest absolute Gasteiger partial charge is 0.507 e. The molecule has 0 spiro atoms. The van der Waals surface area contributed by atoms with E-state index in [1.54, 1.807) is 0 Å². The van der Waals surface area contributed by atoms with E-state index in [0.717, 1.165) is 85.3 Å². The molecule has 0 radical (unpaired) electrons. The van der Waals surface area contributed by atoms with Gasteiger partial charge in [-0.3, -0.25) is 0 Å². The Kier molecular flexibility index (Phi) is 16.1. The molecule has 240 valence electrons. The molecule has 0 saturated heterocycles. The molecule has 2 nitrogen and oxygen atoms in total. The summed E-state index contributed by atoms with van der Waals surface area (Å²) in [5.41, 5.74) is 11.2. The van der Waals surface area contributed by atoms with E-state index in [1.807, 2.05) is 32.0 Å². The van der Waals surface area contributed by atoms with Crippen molar-refractivity contribution >= 4 is 10.8 Å². The van der Waals surface area contributed by atoms with Crippen molar-refractivity contribution in [3.63, 3.8) is 0 Å². The molecule has 0 aromatic heterocycles. The van der Waals surface area contributed by atoms with Crippen LogP contribution in [-0.4, -0.2) is 10.2 Å². The maximum Gasteiger partial charge on any atom is 0.127 e. The van der Waals surface area contributed by atoms with Gasteiger partial charge in [0.05, 0.1) is 0 Å². The highest BCUT2D eigenvalue weighted by Crippen LogP contribution is 2.41. The van der Waals surface area contributed by atoms with Crippen LogP contribution in [0.1, 0.15) is 129 Å². The summed E-state index contributed by atoms with van der Waals surface area (Å²) in [4.78, 5) is 0. The van der Waals surface area contributed by atoms with Crippen LogP contribution in [0.2, 0.25) is 0 Å². The van der Waals surface area contributed by atoms with E-state index in [1.165, 1.54) is 39.9 Å². The van der Waals surface area contributed by atoms with E-state index in [9.17, 15) is 10.2 Å². The monoisotopic (exact) mass is 596 g/mol. The third-order valence-corrected chi connectivity index (χ3v) is 8.73. The predicted octanol–water partition coefficient (Wildman–Crippen LogP) is 13.0. The quantitative estimate of drug-likeness (QED) is 0.141. The molecule has 2 N–H and O–H groups in total. The average molecular weight is 597 g/mol. The molecule has 2 aromatic rings. The third kappa shape index (κ3) is 12.8. The molecule has 0 aliphatic rings. The van der Waals surface area contributed by atoms with Gasteiger partial charge in [0.25, 0.3) is 0 Å². The standard InChI is InChI=1S/C42H60O2/c1-30(2)16-10-17-31(3)18-11-19-32(4)20-12-21-33(5)22-13-23-34(6)24-14-25-35(7)28-29-38-37(9)41(43)40-36(8)26-15-27-39(40)42(38)44/h15-16,18,20,22,24,26-28,43-44H,10-14,17,19,21,23,25,29H2,1-9H3. The fraction of sp³-hybridized carbons (Fsp3) is 0.476. The van der Waals surface area contributed by atoms with Gasteiger partial charge in [-0.1, -0.05) is 88.1 Å². The van der Waals surface area contributed by atoms with Gasteiger partial charge in [0.1, 0.15) is 11.5 Å². The number of hydrogen-bond donors (Lipinski definition) is 2. The van der Waals surface area contributed by atoms with E-state index < -0.39 is 0 Å². The molecular formula is C42H60O2. The Hall–Kier alpha value is -3.26. The van der Waals surface area contributed by atoms with Gasteiger partial charge in [-0.15, -0.1) is 0 Å². The maximum absolute atomic E-state index is 11.0. The highest BCUT2D eigenvalue weighted by Gasteiger charge is 2.16. The molecule has 0 saturated carbocycles. The van der Waals surface area contributed by atoms with Crippen LogP contribution in [0, 0.1) is 13.8 Å². The molecule has 0 aliphatic heterocycles. The molecule has 0 aliphatic carbocycles. The SMILES string of the molecule is CC(C)=CCCC(C)=CCCC(C)=CCCC(C)=CCCC(C)=CCCC(C)=CCc1c(C)c(O)c2c(C)cccc2c1O. The summed E-state index contributed by atoms with van der Waals surface area (Å²) in [5, 5.41) is 23.2. The van der Waals surface area contributed by atoms with Gasteiger partial charge in [0.2, 0.25) is 0 Å². The van der Waals surface area contributed by atoms with Crippen molar-refractivity contribution in [2.75, 3.05) is 0 Å². The van der Waals surface area contributed by atoms with Gasteiger partial charge in [0.15, 0.2) is 0 Å². The van der Waals surface area contributed by atoms with Crippen LogP contribution in [0.4, 0.5) is 0 Å². The molecule has 0 fully saturated rings. The number of allylic oxidation sites excluding steroid dienone is 12. The van der Waals surface area contributed by atoms with Crippen LogP contribution in [0.15, 0.2) is 88.1 Å². The Morgan fingerprint density at radius 3 is 1.39 bits per heavy atom. The van der Waals surface area contributed by atoms with Crippen molar-refractivity contribution in [1.29, 1.82) is 0 Å². The first kappa shape index (κ1) is 36.9. The van der Waals surface area contributed by atoms with Gasteiger partial charge in [-0.25, -0.2) is 0 Å². The van der Waals surface area contributed by atoms with Crippen LogP contribution in [0.25, 0.3) is 10.8 Å². The van der Waals surface area contributed by atoms with Gasteiger partial charge in [0, 0.05) is 16.3 Å². The summed E-state index contributed by atoms with van der Waals surface area (Å²) in [6.07, 6.45) is 25.9. The number of aromatic hydroxyl groups is 2. The normalized spacial score (nSPS) is 13.6. The van der Waals surface area contributed by atoms with E-state index in [4.69, 9.17) is 0 Å². The smallest absolute Gasteiger partial charge is 0.127 e. The van der Waals surface area contributed by atoms with Crippen molar-refractivity contribution in [2.45, 2.75) is 133 Å². The van der Waals surface area contributed by atoms with E-state index >= 15 is 0 Å². The molecule has 0 unspecified atom stereocenters. The summed E-state index contributed by atoms with van der Waals surface area (Å²) in [7, 11) is 0. The van der Waals surface area contributed by atoms with E-state index in [-0.39, 0.29) is 11.5 Å². The van der Waals surface area contributed by atoms with E-state index in [2.05, 4.69) is 84.9 Å². The Morgan fingerprint density at radius 1 is 0.545 bits per heavy atom. The molecule has 44 heavy (non-hydrogen) atoms. The van der Waals surface area contributed by atoms with Crippen LogP contribution < -0.4 is 0 Å². The minimum Gasteiger partial charge on any atom is -0.507 e. The van der Waals surface area contributed by atoms with Crippen molar-refractivity contribution in [2.24, 2.45) is 0 Å². The van der Waals surface area contributed by atoms with Crippen molar-refractivity contribution in [3.8, 4) is 11.5 Å². The van der Waals surface area contributed by atoms with Crippen LogP contribution in [0.5, 0.6) is 11.5 Å². The number of hydrogen-bond acceptors (Lipinski definition) is 2. The second-order valence-corrected chi connectivity index (χ2v) is 13.2. The summed E-state index contributed by atoms with van der Waals surface area (Å²) < 4.78 is 0. The van der Waals surface area contributed by atoms with Gasteiger partial charge >= 0.3 is 0 Å². The number of fused-ring (bicyclic) bond motifs is 1. The van der Waals surface area contributed by atoms with Crippen molar-refractivity contribution < 1.29 is 10.2 Å². The van der Waals surface area contributed by atoms with Crippen LogP contribution >= 0.6 is 0 Å². The predicted molar refractivity (Wildman–Crippen MR) is 195 cm³/mol. The molecule has 0 heterocycles. The number of aryl methyl sites for hydroxylation is 1. The molecule has 0 amide bonds. The van der Waals surface area contributed by atoms with Crippen molar-refractivity contribution in [1.82, 2.24) is 0 Å². The van der Waals surface area contributed by atoms with Crippen LogP contribution in [-0.2, 0) is 6.42 Å². The second-order valence-electron chi connectivity index (χ2n) is 13.2.